The number of benzene rings is 1. The van der Waals surface area contributed by atoms with Gasteiger partial charge < -0.3 is 5.32 Å². The minimum Gasteiger partial charge on any atom is -0.380 e. The van der Waals surface area contributed by atoms with E-state index in [1.54, 1.807) is 16.9 Å². The maximum atomic E-state index is 13.4. The fourth-order valence-electron chi connectivity index (χ4n) is 3.35. The largest absolute Gasteiger partial charge is 0.380 e. The van der Waals surface area contributed by atoms with E-state index in [0.717, 1.165) is 18.4 Å². The van der Waals surface area contributed by atoms with Gasteiger partial charge in [0.25, 0.3) is 5.91 Å². The lowest BCUT2D eigenvalue weighted by Crippen LogP contribution is -2.48. The number of rotatable bonds is 5. The summed E-state index contributed by atoms with van der Waals surface area (Å²) in [6, 6.07) is 3.00. The summed E-state index contributed by atoms with van der Waals surface area (Å²) >= 11 is 3.47. The first kappa shape index (κ1) is 21.3. The van der Waals surface area contributed by atoms with Crippen molar-refractivity contribution in [3.8, 4) is 0 Å². The number of aryl methyl sites for hydroxylation is 1. The summed E-state index contributed by atoms with van der Waals surface area (Å²) in [4.78, 5) is 13.5. The third-order valence-corrected chi connectivity index (χ3v) is 7.55. The number of sulfonamides is 1. The standard InChI is InChI=1S/C19H25BrN6O3S/c1-12-8-22-26(11-13-9-21-25(3)10-13)18(27)15-6-14(7-16(20)17(15)23-12)30(28,29)24-19(2)4-5-19/h6-7,9-10,12,22-24H,4-5,8,11H2,1-3H3/t12-/m1/s1. The van der Waals surface area contributed by atoms with Crippen molar-refractivity contribution >= 4 is 37.5 Å². The second-order valence-electron chi connectivity index (χ2n) is 8.31. The number of hydrazine groups is 1. The van der Waals surface area contributed by atoms with Crippen LogP contribution in [0.2, 0.25) is 0 Å². The predicted molar refractivity (Wildman–Crippen MR) is 116 cm³/mol. The molecule has 2 aliphatic rings. The number of halogens is 1. The smallest absolute Gasteiger partial charge is 0.270 e. The van der Waals surface area contributed by atoms with Crippen LogP contribution >= 0.6 is 15.9 Å². The molecule has 3 N–H and O–H groups in total. The van der Waals surface area contributed by atoms with E-state index >= 15 is 0 Å². The van der Waals surface area contributed by atoms with Crippen LogP contribution in [-0.2, 0) is 23.6 Å². The van der Waals surface area contributed by atoms with Crippen LogP contribution in [0.5, 0.6) is 0 Å². The van der Waals surface area contributed by atoms with Gasteiger partial charge in [0.05, 0.1) is 28.9 Å². The number of hydrogen-bond acceptors (Lipinski definition) is 6. The van der Waals surface area contributed by atoms with Gasteiger partial charge in [-0.3, -0.25) is 14.5 Å². The summed E-state index contributed by atoms with van der Waals surface area (Å²) in [6.07, 6.45) is 5.15. The molecule has 2 heterocycles. The molecule has 0 spiro atoms. The number of hydrogen-bond donors (Lipinski definition) is 3. The Balaban J connectivity index is 1.73. The average molecular weight is 497 g/mol. The van der Waals surface area contributed by atoms with Gasteiger partial charge in [-0.25, -0.2) is 18.6 Å². The van der Waals surface area contributed by atoms with E-state index in [4.69, 9.17) is 0 Å². The van der Waals surface area contributed by atoms with Crippen LogP contribution in [0, 0.1) is 0 Å². The molecule has 9 nitrogen and oxygen atoms in total. The van der Waals surface area contributed by atoms with Crippen molar-refractivity contribution in [1.82, 2.24) is 24.9 Å². The summed E-state index contributed by atoms with van der Waals surface area (Å²) in [7, 11) is -1.94. The Labute approximate surface area is 184 Å². The molecule has 0 unspecified atom stereocenters. The molecule has 1 fully saturated rings. The zero-order valence-corrected chi connectivity index (χ0v) is 19.5. The second kappa shape index (κ2) is 7.63. The molecule has 30 heavy (non-hydrogen) atoms. The number of fused-ring (bicyclic) bond motifs is 1. The molecule has 0 saturated heterocycles. The maximum Gasteiger partial charge on any atom is 0.270 e. The van der Waals surface area contributed by atoms with Crippen LogP contribution in [0.1, 0.15) is 42.6 Å². The molecule has 4 rings (SSSR count). The first-order chi connectivity index (χ1) is 14.1. The Hall–Kier alpha value is -1.95. The van der Waals surface area contributed by atoms with Gasteiger partial charge in [-0.1, -0.05) is 0 Å². The third-order valence-electron chi connectivity index (χ3n) is 5.31. The summed E-state index contributed by atoms with van der Waals surface area (Å²) in [5.74, 6) is -0.316. The third kappa shape index (κ3) is 4.39. The van der Waals surface area contributed by atoms with Gasteiger partial charge in [-0.05, 0) is 54.8 Å². The quantitative estimate of drug-likeness (QED) is 0.583. The Morgan fingerprint density at radius 2 is 2.10 bits per heavy atom. The van der Waals surface area contributed by atoms with Crippen LogP contribution in [0.15, 0.2) is 33.9 Å². The van der Waals surface area contributed by atoms with Gasteiger partial charge >= 0.3 is 0 Å². The Morgan fingerprint density at radius 3 is 2.73 bits per heavy atom. The number of nitrogens with zero attached hydrogens (tertiary/aromatic N) is 3. The number of nitrogens with one attached hydrogen (secondary N) is 3. The number of aromatic nitrogens is 2. The molecule has 1 saturated carbocycles. The lowest BCUT2D eigenvalue weighted by atomic mass is 10.1. The molecule has 1 aliphatic heterocycles. The van der Waals surface area contributed by atoms with Crippen molar-refractivity contribution in [1.29, 1.82) is 0 Å². The SMILES string of the molecule is C[C@@H]1CNN(Cc2cnn(C)c2)C(=O)c2cc(S(=O)(=O)NC3(C)CC3)cc(Br)c2N1. The fraction of sp³-hybridized carbons (Fsp3) is 0.474. The summed E-state index contributed by atoms with van der Waals surface area (Å²) in [5.41, 5.74) is 4.49. The number of carbonyl (C=O) groups excluding carboxylic acids is 1. The topological polar surface area (TPSA) is 108 Å². The van der Waals surface area contributed by atoms with E-state index in [0.29, 0.717) is 23.2 Å². The van der Waals surface area contributed by atoms with Crippen molar-refractivity contribution < 1.29 is 13.2 Å². The normalized spacial score (nSPS) is 20.9. The van der Waals surface area contributed by atoms with Crippen molar-refractivity contribution in [2.45, 2.75) is 49.7 Å². The Morgan fingerprint density at radius 1 is 1.37 bits per heavy atom. The lowest BCUT2D eigenvalue weighted by Gasteiger charge is -2.31. The van der Waals surface area contributed by atoms with Crippen LogP contribution in [0.25, 0.3) is 0 Å². The van der Waals surface area contributed by atoms with Crippen molar-refractivity contribution in [3.63, 3.8) is 0 Å². The summed E-state index contributed by atoms with van der Waals surface area (Å²) in [6.45, 7) is 4.70. The zero-order valence-electron chi connectivity index (χ0n) is 17.1. The molecule has 1 atom stereocenters. The van der Waals surface area contributed by atoms with Gasteiger partial charge in [0, 0.05) is 41.4 Å². The summed E-state index contributed by atoms with van der Waals surface area (Å²) < 4.78 is 30.8. The van der Waals surface area contributed by atoms with E-state index in [9.17, 15) is 13.2 Å². The predicted octanol–water partition coefficient (Wildman–Crippen LogP) is 1.97. The molecule has 1 aliphatic carbocycles. The highest BCUT2D eigenvalue weighted by atomic mass is 79.9. The second-order valence-corrected chi connectivity index (χ2v) is 10.9. The molecule has 0 bridgehead atoms. The van der Waals surface area contributed by atoms with E-state index in [1.807, 2.05) is 27.1 Å². The monoisotopic (exact) mass is 496 g/mol. The fourth-order valence-corrected chi connectivity index (χ4v) is 5.59. The molecule has 162 valence electrons. The van der Waals surface area contributed by atoms with Crippen molar-refractivity contribution in [2.75, 3.05) is 11.9 Å². The van der Waals surface area contributed by atoms with Crippen LogP contribution in [0.4, 0.5) is 5.69 Å². The highest BCUT2D eigenvalue weighted by Gasteiger charge is 2.41. The van der Waals surface area contributed by atoms with E-state index in [1.165, 1.54) is 11.1 Å². The molecule has 11 heteroatoms. The molecule has 1 aromatic carbocycles. The van der Waals surface area contributed by atoms with E-state index in [-0.39, 0.29) is 22.4 Å². The molecular weight excluding hydrogens is 472 g/mol. The van der Waals surface area contributed by atoms with Gasteiger partial charge in [0.1, 0.15) is 0 Å². The van der Waals surface area contributed by atoms with Crippen LogP contribution in [0.3, 0.4) is 0 Å². The van der Waals surface area contributed by atoms with Gasteiger partial charge in [-0.2, -0.15) is 5.10 Å². The van der Waals surface area contributed by atoms with Gasteiger partial charge in [0.2, 0.25) is 10.0 Å². The minimum absolute atomic E-state index is 0.00973. The number of amides is 1. The molecule has 1 amide bonds. The highest BCUT2D eigenvalue weighted by molar-refractivity contribution is 9.10. The van der Waals surface area contributed by atoms with Gasteiger partial charge in [0.15, 0.2) is 0 Å². The summed E-state index contributed by atoms with van der Waals surface area (Å²) in [5, 5.41) is 8.96. The van der Waals surface area contributed by atoms with Crippen molar-refractivity contribution in [2.24, 2.45) is 7.05 Å². The van der Waals surface area contributed by atoms with Crippen LogP contribution < -0.4 is 15.5 Å². The highest BCUT2D eigenvalue weighted by Crippen LogP contribution is 2.37. The van der Waals surface area contributed by atoms with E-state index in [2.05, 4.69) is 36.5 Å². The van der Waals surface area contributed by atoms with Gasteiger partial charge in [-0.15, -0.1) is 0 Å². The lowest BCUT2D eigenvalue weighted by molar-refractivity contribution is 0.0634. The first-order valence-corrected chi connectivity index (χ1v) is 12.0. The minimum atomic E-state index is -3.75. The van der Waals surface area contributed by atoms with E-state index < -0.39 is 15.6 Å². The molecular formula is C19H25BrN6O3S. The van der Waals surface area contributed by atoms with Crippen LogP contribution in [-0.4, -0.2) is 47.2 Å². The first-order valence-electron chi connectivity index (χ1n) is 9.73. The maximum absolute atomic E-state index is 13.4. The Bertz CT molecular complexity index is 1100. The zero-order chi connectivity index (χ0) is 21.7. The average Bonchev–Trinajstić information content (AvgIpc) is 3.23. The number of carbonyl (C=O) groups is 1. The Kier molecular flexibility index (Phi) is 5.41. The molecule has 0 radical (unpaired) electrons. The molecule has 2 aromatic rings. The number of anilines is 1. The van der Waals surface area contributed by atoms with Crippen molar-refractivity contribution in [3.05, 3.63) is 40.1 Å². The molecule has 1 aromatic heterocycles.